The van der Waals surface area contributed by atoms with Crippen LogP contribution in [0, 0.1) is 11.3 Å². The number of amides is 1. The third-order valence-corrected chi connectivity index (χ3v) is 5.18. The molecule has 1 aliphatic rings. The molecule has 2 rings (SSSR count). The van der Waals surface area contributed by atoms with E-state index in [1.165, 1.54) is 0 Å². The molecule has 5 nitrogen and oxygen atoms in total. The van der Waals surface area contributed by atoms with Gasteiger partial charge in [0.1, 0.15) is 0 Å². The van der Waals surface area contributed by atoms with Crippen molar-refractivity contribution in [2.75, 3.05) is 0 Å². The molecule has 0 bridgehead atoms. The molecule has 0 spiro atoms. The average molecular weight is 329 g/mol. The van der Waals surface area contributed by atoms with Gasteiger partial charge < -0.3 is 9.84 Å². The molecule has 1 amide bonds. The molecular formula is C19H27N3O2. The van der Waals surface area contributed by atoms with Gasteiger partial charge in [0, 0.05) is 17.2 Å². The molecule has 2 atom stereocenters. The first-order chi connectivity index (χ1) is 11.4. The smallest absolute Gasteiger partial charge is 0.230 e. The number of hydrogen-bond donors (Lipinski definition) is 1. The van der Waals surface area contributed by atoms with Crippen LogP contribution < -0.4 is 5.32 Å². The summed E-state index contributed by atoms with van der Waals surface area (Å²) in [5.41, 5.74) is 2.82. The quantitative estimate of drug-likeness (QED) is 0.573. The van der Waals surface area contributed by atoms with E-state index in [1.54, 1.807) is 6.08 Å². The van der Waals surface area contributed by atoms with Crippen molar-refractivity contribution >= 4 is 12.0 Å². The largest absolute Gasteiger partial charge is 0.339 e. The van der Waals surface area contributed by atoms with E-state index in [9.17, 15) is 4.79 Å². The summed E-state index contributed by atoms with van der Waals surface area (Å²) in [4.78, 5) is 15.5. The van der Waals surface area contributed by atoms with E-state index in [0.29, 0.717) is 30.0 Å². The predicted molar refractivity (Wildman–Crippen MR) is 95.0 cm³/mol. The lowest BCUT2D eigenvalue weighted by molar-refractivity contribution is -0.108. The van der Waals surface area contributed by atoms with E-state index in [4.69, 9.17) is 4.52 Å². The second kappa shape index (κ2) is 7.16. The normalized spacial score (nSPS) is 24.6. The summed E-state index contributed by atoms with van der Waals surface area (Å²) in [6.07, 6.45) is 6.39. The summed E-state index contributed by atoms with van der Waals surface area (Å²) < 4.78 is 5.46. The first-order valence-corrected chi connectivity index (χ1v) is 8.45. The molecule has 5 heteroatoms. The Hall–Kier alpha value is -2.17. The highest BCUT2D eigenvalue weighted by Gasteiger charge is 2.52. The maximum atomic E-state index is 10.9. The first-order valence-electron chi connectivity index (χ1n) is 8.45. The Morgan fingerprint density at radius 1 is 1.54 bits per heavy atom. The zero-order valence-electron chi connectivity index (χ0n) is 15.2. The summed E-state index contributed by atoms with van der Waals surface area (Å²) in [7, 11) is 0. The molecule has 24 heavy (non-hydrogen) atoms. The van der Waals surface area contributed by atoms with Crippen LogP contribution in [0.15, 0.2) is 34.5 Å². The Bertz CT molecular complexity index is 685. The zero-order valence-corrected chi connectivity index (χ0v) is 15.2. The summed E-state index contributed by atoms with van der Waals surface area (Å²) in [6.45, 7) is 14.4. The molecule has 1 saturated carbocycles. The van der Waals surface area contributed by atoms with Crippen molar-refractivity contribution in [2.45, 2.75) is 53.4 Å². The highest BCUT2D eigenvalue weighted by Crippen LogP contribution is 2.60. The summed E-state index contributed by atoms with van der Waals surface area (Å²) >= 11 is 0. The summed E-state index contributed by atoms with van der Waals surface area (Å²) in [5, 5.41) is 6.85. The molecule has 1 heterocycles. The van der Waals surface area contributed by atoms with Crippen molar-refractivity contribution in [3.8, 4) is 0 Å². The van der Waals surface area contributed by atoms with E-state index in [1.807, 2.05) is 13.0 Å². The molecule has 0 aliphatic heterocycles. The minimum absolute atomic E-state index is 0.278. The molecule has 1 aromatic heterocycles. The minimum atomic E-state index is 0.278. The fraction of sp³-hybridized carbons (Fsp3) is 0.526. The van der Waals surface area contributed by atoms with Crippen LogP contribution in [0.1, 0.15) is 65.1 Å². The zero-order chi connectivity index (χ0) is 17.9. The van der Waals surface area contributed by atoms with Gasteiger partial charge in [0.05, 0.1) is 0 Å². The molecule has 2 unspecified atom stereocenters. The number of nitrogens with one attached hydrogen (secondary N) is 1. The summed E-state index contributed by atoms with van der Waals surface area (Å²) in [6, 6.07) is 0. The van der Waals surface area contributed by atoms with Crippen LogP contribution in [0.2, 0.25) is 0 Å². The second-order valence-corrected chi connectivity index (χ2v) is 7.04. The minimum Gasteiger partial charge on any atom is -0.339 e. The number of hydrogen-bond acceptors (Lipinski definition) is 4. The fourth-order valence-corrected chi connectivity index (χ4v) is 2.69. The SMILES string of the molecule is C=C/C(=C\C(NC=O)=C(\C)C(C)C)c1noc(C2CC2(C)CC)n1. The fourth-order valence-electron chi connectivity index (χ4n) is 2.69. The van der Waals surface area contributed by atoms with Gasteiger partial charge in [-0.3, -0.25) is 4.79 Å². The lowest BCUT2D eigenvalue weighted by Crippen LogP contribution is -2.13. The van der Waals surface area contributed by atoms with Crippen molar-refractivity contribution in [1.82, 2.24) is 15.5 Å². The van der Waals surface area contributed by atoms with Gasteiger partial charge in [-0.15, -0.1) is 0 Å². The van der Waals surface area contributed by atoms with Crippen molar-refractivity contribution in [3.05, 3.63) is 41.7 Å². The van der Waals surface area contributed by atoms with Gasteiger partial charge in [-0.1, -0.05) is 45.5 Å². The Morgan fingerprint density at radius 3 is 2.75 bits per heavy atom. The van der Waals surface area contributed by atoms with Crippen LogP contribution in [-0.4, -0.2) is 16.6 Å². The molecule has 0 radical (unpaired) electrons. The van der Waals surface area contributed by atoms with Gasteiger partial charge in [0.15, 0.2) is 0 Å². The van der Waals surface area contributed by atoms with Gasteiger partial charge in [-0.2, -0.15) is 4.98 Å². The van der Waals surface area contributed by atoms with Crippen LogP contribution in [0.4, 0.5) is 0 Å². The van der Waals surface area contributed by atoms with Crippen molar-refractivity contribution in [3.63, 3.8) is 0 Å². The molecule has 1 aromatic rings. The molecule has 130 valence electrons. The Morgan fingerprint density at radius 2 is 2.25 bits per heavy atom. The van der Waals surface area contributed by atoms with Gasteiger partial charge >= 0.3 is 0 Å². The third kappa shape index (κ3) is 3.66. The third-order valence-electron chi connectivity index (χ3n) is 5.18. The average Bonchev–Trinajstić information content (AvgIpc) is 3.02. The molecule has 1 fully saturated rings. The molecular weight excluding hydrogens is 302 g/mol. The van der Waals surface area contributed by atoms with Crippen molar-refractivity contribution < 1.29 is 9.32 Å². The standard InChI is InChI=1S/C19H27N3O2/c1-7-14(9-16(20-11-23)13(5)12(3)4)17-21-18(24-22-17)15-10-19(15,6)8-2/h7,9,11-12,15H,1,8,10H2,2-6H3,(H,20,23)/b14-9+,16-13+. The number of carbonyl (C=O) groups excluding carboxylic acids is 1. The Kier molecular flexibility index (Phi) is 5.42. The highest BCUT2D eigenvalue weighted by molar-refractivity contribution is 5.72. The number of allylic oxidation sites excluding steroid dienone is 4. The van der Waals surface area contributed by atoms with Crippen LogP contribution >= 0.6 is 0 Å². The van der Waals surface area contributed by atoms with Gasteiger partial charge in [0.25, 0.3) is 0 Å². The Labute approximate surface area is 143 Å². The molecule has 1 N–H and O–H groups in total. The van der Waals surface area contributed by atoms with Crippen LogP contribution in [0.3, 0.4) is 0 Å². The number of carbonyl (C=O) groups is 1. The lowest BCUT2D eigenvalue weighted by Gasteiger charge is -2.11. The van der Waals surface area contributed by atoms with E-state index < -0.39 is 0 Å². The lowest BCUT2D eigenvalue weighted by atomic mass is 10.0. The second-order valence-electron chi connectivity index (χ2n) is 7.04. The topological polar surface area (TPSA) is 68.0 Å². The number of nitrogens with zero attached hydrogens (tertiary/aromatic N) is 2. The van der Waals surface area contributed by atoms with Crippen LogP contribution in [0.25, 0.3) is 5.57 Å². The summed E-state index contributed by atoms with van der Waals surface area (Å²) in [5.74, 6) is 1.85. The predicted octanol–water partition coefficient (Wildman–Crippen LogP) is 4.22. The molecule has 1 aliphatic carbocycles. The van der Waals surface area contributed by atoms with E-state index in [2.05, 4.69) is 49.7 Å². The van der Waals surface area contributed by atoms with Crippen molar-refractivity contribution in [1.29, 1.82) is 0 Å². The number of aromatic nitrogens is 2. The number of rotatable bonds is 8. The maximum Gasteiger partial charge on any atom is 0.230 e. The van der Waals surface area contributed by atoms with Gasteiger partial charge in [-0.25, -0.2) is 0 Å². The first kappa shape index (κ1) is 18.2. The van der Waals surface area contributed by atoms with Crippen LogP contribution in [0.5, 0.6) is 0 Å². The highest BCUT2D eigenvalue weighted by atomic mass is 16.5. The Balaban J connectivity index is 2.31. The maximum absolute atomic E-state index is 10.9. The van der Waals surface area contributed by atoms with Gasteiger partial charge in [-0.05, 0) is 42.7 Å². The molecule has 0 saturated heterocycles. The molecule has 0 aromatic carbocycles. The van der Waals surface area contributed by atoms with Crippen molar-refractivity contribution in [2.24, 2.45) is 11.3 Å². The van der Waals surface area contributed by atoms with E-state index in [-0.39, 0.29) is 5.41 Å². The van der Waals surface area contributed by atoms with E-state index in [0.717, 1.165) is 29.7 Å². The van der Waals surface area contributed by atoms with Gasteiger partial charge in [0.2, 0.25) is 18.1 Å². The monoisotopic (exact) mass is 329 g/mol. The van der Waals surface area contributed by atoms with Crippen LogP contribution in [-0.2, 0) is 4.79 Å². The van der Waals surface area contributed by atoms with E-state index >= 15 is 0 Å².